The van der Waals surface area contributed by atoms with E-state index in [2.05, 4.69) is 35.5 Å². The van der Waals surface area contributed by atoms with Crippen LogP contribution in [0.3, 0.4) is 0 Å². The van der Waals surface area contributed by atoms with Crippen LogP contribution in [-0.4, -0.2) is 66.1 Å². The highest BCUT2D eigenvalue weighted by Crippen LogP contribution is 2.34. The second-order valence-corrected chi connectivity index (χ2v) is 6.49. The van der Waals surface area contributed by atoms with Gasteiger partial charge in [0, 0.05) is 37.0 Å². The van der Waals surface area contributed by atoms with Crippen LogP contribution in [0, 0.1) is 0 Å². The van der Waals surface area contributed by atoms with Crippen molar-refractivity contribution in [2.45, 2.75) is 31.3 Å². The lowest BCUT2D eigenvalue weighted by Crippen LogP contribution is -2.58. The van der Waals surface area contributed by atoms with E-state index < -0.39 is 0 Å². The highest BCUT2D eigenvalue weighted by Gasteiger charge is 2.41. The van der Waals surface area contributed by atoms with Crippen LogP contribution in [0.1, 0.15) is 19.8 Å². The van der Waals surface area contributed by atoms with Gasteiger partial charge in [0.05, 0.1) is 0 Å². The molecule has 0 amide bonds. The van der Waals surface area contributed by atoms with Crippen molar-refractivity contribution >= 4 is 11.8 Å². The van der Waals surface area contributed by atoms with Crippen LogP contribution in [0.25, 0.3) is 0 Å². The fourth-order valence-electron chi connectivity index (χ4n) is 3.18. The maximum absolute atomic E-state index is 6.08. The zero-order chi connectivity index (χ0) is 11.6. The van der Waals surface area contributed by atoms with Gasteiger partial charge in [-0.1, -0.05) is 0 Å². The summed E-state index contributed by atoms with van der Waals surface area (Å²) in [5, 5.41) is 0. The van der Waals surface area contributed by atoms with Crippen molar-refractivity contribution in [2.24, 2.45) is 5.73 Å². The number of nitrogens with zero attached hydrogens (tertiary/aromatic N) is 2. The molecule has 0 radical (unpaired) electrons. The molecular weight excluding hydrogens is 218 g/mol. The Bertz CT molecular complexity index is 228. The third-order valence-corrected chi connectivity index (χ3v) is 5.35. The van der Waals surface area contributed by atoms with Crippen LogP contribution in [-0.2, 0) is 0 Å². The Balaban J connectivity index is 2.11. The van der Waals surface area contributed by atoms with Crippen LogP contribution in [0.15, 0.2) is 0 Å². The molecule has 16 heavy (non-hydrogen) atoms. The van der Waals surface area contributed by atoms with Gasteiger partial charge in [0.25, 0.3) is 0 Å². The van der Waals surface area contributed by atoms with Gasteiger partial charge in [-0.05, 0) is 39.1 Å². The molecule has 94 valence electrons. The molecule has 0 aromatic heterocycles. The summed E-state index contributed by atoms with van der Waals surface area (Å²) in [6.45, 7) is 6.83. The van der Waals surface area contributed by atoms with E-state index >= 15 is 0 Å². The molecule has 2 unspecified atom stereocenters. The standard InChI is InChI=1S/C12H25N3S/c1-11-8-14(2)5-3-6-15(11)12(9-13)4-7-16-10-12/h11H,3-10,13H2,1-2H3. The minimum atomic E-state index is 0.301. The van der Waals surface area contributed by atoms with Gasteiger partial charge >= 0.3 is 0 Å². The molecule has 3 nitrogen and oxygen atoms in total. The van der Waals surface area contributed by atoms with Crippen molar-refractivity contribution in [3.63, 3.8) is 0 Å². The molecule has 4 heteroatoms. The summed E-state index contributed by atoms with van der Waals surface area (Å²) in [5.41, 5.74) is 6.38. The van der Waals surface area contributed by atoms with Gasteiger partial charge < -0.3 is 10.6 Å². The van der Waals surface area contributed by atoms with E-state index in [1.165, 1.54) is 44.0 Å². The molecule has 0 saturated carbocycles. The largest absolute Gasteiger partial charge is 0.329 e. The third-order valence-electron chi connectivity index (χ3n) is 4.12. The maximum atomic E-state index is 6.08. The molecule has 0 aliphatic carbocycles. The summed E-state index contributed by atoms with van der Waals surface area (Å²) < 4.78 is 0. The number of thioether (sulfide) groups is 1. The summed E-state index contributed by atoms with van der Waals surface area (Å²) in [7, 11) is 2.23. The zero-order valence-electron chi connectivity index (χ0n) is 10.6. The Morgan fingerprint density at radius 1 is 1.44 bits per heavy atom. The molecule has 2 saturated heterocycles. The minimum Gasteiger partial charge on any atom is -0.329 e. The second-order valence-electron chi connectivity index (χ2n) is 5.39. The van der Waals surface area contributed by atoms with Gasteiger partial charge in [0.1, 0.15) is 0 Å². The first-order valence-corrected chi connectivity index (χ1v) is 7.56. The first kappa shape index (κ1) is 12.7. The highest BCUT2D eigenvalue weighted by atomic mass is 32.2. The van der Waals surface area contributed by atoms with E-state index in [4.69, 9.17) is 5.73 Å². The summed E-state index contributed by atoms with van der Waals surface area (Å²) in [6.07, 6.45) is 2.56. The normalized spacial score (nSPS) is 38.8. The van der Waals surface area contributed by atoms with Crippen LogP contribution in [0.2, 0.25) is 0 Å². The topological polar surface area (TPSA) is 32.5 Å². The Kier molecular flexibility index (Phi) is 4.16. The van der Waals surface area contributed by atoms with Crippen molar-refractivity contribution in [1.82, 2.24) is 9.80 Å². The van der Waals surface area contributed by atoms with Crippen molar-refractivity contribution in [3.8, 4) is 0 Å². The summed E-state index contributed by atoms with van der Waals surface area (Å²) in [6, 6.07) is 0.648. The van der Waals surface area contributed by atoms with Crippen LogP contribution in [0.5, 0.6) is 0 Å². The molecule has 2 fully saturated rings. The zero-order valence-corrected chi connectivity index (χ0v) is 11.4. The molecule has 2 atom stereocenters. The van der Waals surface area contributed by atoms with E-state index in [0.29, 0.717) is 11.6 Å². The van der Waals surface area contributed by atoms with Crippen molar-refractivity contribution < 1.29 is 0 Å². The van der Waals surface area contributed by atoms with Crippen LogP contribution in [0.4, 0.5) is 0 Å². The second kappa shape index (κ2) is 5.25. The summed E-state index contributed by atoms with van der Waals surface area (Å²) in [4.78, 5) is 5.16. The van der Waals surface area contributed by atoms with Gasteiger partial charge in [-0.2, -0.15) is 11.8 Å². The Hall–Kier alpha value is 0.230. The molecule has 2 aliphatic rings. The molecular formula is C12H25N3S. The van der Waals surface area contributed by atoms with Gasteiger partial charge in [-0.25, -0.2) is 0 Å². The van der Waals surface area contributed by atoms with E-state index in [1.807, 2.05) is 0 Å². The van der Waals surface area contributed by atoms with Gasteiger partial charge in [0.15, 0.2) is 0 Å². The predicted molar refractivity (Wildman–Crippen MR) is 72.0 cm³/mol. The number of likely N-dealkylation sites (N-methyl/N-ethyl adjacent to an activating group) is 1. The predicted octanol–water partition coefficient (Wildman–Crippen LogP) is 0.847. The lowest BCUT2D eigenvalue weighted by atomic mass is 9.94. The van der Waals surface area contributed by atoms with Crippen LogP contribution >= 0.6 is 11.8 Å². The smallest absolute Gasteiger partial charge is 0.0433 e. The Morgan fingerprint density at radius 2 is 2.25 bits per heavy atom. The van der Waals surface area contributed by atoms with Gasteiger partial charge in [0.2, 0.25) is 0 Å². The minimum absolute atomic E-state index is 0.301. The molecule has 2 N–H and O–H groups in total. The Labute approximate surface area is 104 Å². The van der Waals surface area contributed by atoms with Gasteiger partial charge in [-0.15, -0.1) is 0 Å². The lowest BCUT2D eigenvalue weighted by Gasteiger charge is -2.43. The molecule has 0 bridgehead atoms. The SMILES string of the molecule is CC1CN(C)CCCN1C1(CN)CCSC1. The highest BCUT2D eigenvalue weighted by molar-refractivity contribution is 7.99. The number of rotatable bonds is 2. The summed E-state index contributed by atoms with van der Waals surface area (Å²) >= 11 is 2.07. The first-order chi connectivity index (χ1) is 7.68. The van der Waals surface area contributed by atoms with E-state index in [1.54, 1.807) is 0 Å². The molecule has 0 aromatic carbocycles. The fourth-order valence-corrected chi connectivity index (χ4v) is 4.65. The molecule has 2 heterocycles. The van der Waals surface area contributed by atoms with Crippen molar-refractivity contribution in [1.29, 1.82) is 0 Å². The number of hydrogen-bond acceptors (Lipinski definition) is 4. The van der Waals surface area contributed by atoms with Crippen LogP contribution < -0.4 is 5.73 Å². The van der Waals surface area contributed by atoms with E-state index in [-0.39, 0.29) is 0 Å². The third kappa shape index (κ3) is 2.40. The summed E-state index contributed by atoms with van der Waals surface area (Å²) in [5.74, 6) is 2.52. The molecule has 0 aromatic rings. The van der Waals surface area contributed by atoms with Crippen molar-refractivity contribution in [2.75, 3.05) is 44.7 Å². The molecule has 2 rings (SSSR count). The number of nitrogens with two attached hydrogens (primary N) is 1. The average Bonchev–Trinajstić information content (AvgIpc) is 2.67. The lowest BCUT2D eigenvalue weighted by molar-refractivity contribution is 0.0760. The molecule has 2 aliphatic heterocycles. The van der Waals surface area contributed by atoms with E-state index in [0.717, 1.165) is 6.54 Å². The van der Waals surface area contributed by atoms with Gasteiger partial charge in [-0.3, -0.25) is 4.90 Å². The Morgan fingerprint density at radius 3 is 2.88 bits per heavy atom. The molecule has 0 spiro atoms. The van der Waals surface area contributed by atoms with Crippen molar-refractivity contribution in [3.05, 3.63) is 0 Å². The monoisotopic (exact) mass is 243 g/mol. The van der Waals surface area contributed by atoms with E-state index in [9.17, 15) is 0 Å². The average molecular weight is 243 g/mol. The fraction of sp³-hybridized carbons (Fsp3) is 1.00. The number of hydrogen-bond donors (Lipinski definition) is 1. The maximum Gasteiger partial charge on any atom is 0.0433 e. The quantitative estimate of drug-likeness (QED) is 0.779. The first-order valence-electron chi connectivity index (χ1n) is 6.41.